The largest absolute Gasteiger partial charge is 0.369 e. The first kappa shape index (κ1) is 16.0. The molecule has 2 aromatic rings. The van der Waals surface area contributed by atoms with E-state index in [0.717, 1.165) is 11.3 Å². The lowest BCUT2D eigenvalue weighted by Crippen LogP contribution is -2.40. The second-order valence-electron chi connectivity index (χ2n) is 5.94. The summed E-state index contributed by atoms with van der Waals surface area (Å²) in [6.45, 7) is 1.51. The van der Waals surface area contributed by atoms with Gasteiger partial charge in [-0.1, -0.05) is 18.2 Å². The highest BCUT2D eigenvalue weighted by Gasteiger charge is 2.29. The van der Waals surface area contributed by atoms with Crippen molar-refractivity contribution in [2.45, 2.75) is 12.8 Å². The number of amides is 3. The topological polar surface area (TPSA) is 93.2 Å². The smallest absolute Gasteiger partial charge is 0.317 e. The Morgan fingerprint density at radius 3 is 2.79 bits per heavy atom. The summed E-state index contributed by atoms with van der Waals surface area (Å²) >= 11 is 0. The number of primary amides is 1. The summed E-state index contributed by atoms with van der Waals surface area (Å²) in [5.41, 5.74) is 7.33. The Hall–Kier alpha value is -2.83. The van der Waals surface area contributed by atoms with E-state index >= 15 is 0 Å². The van der Waals surface area contributed by atoms with Crippen molar-refractivity contribution < 1.29 is 9.59 Å². The molecule has 3 rings (SSSR count). The summed E-state index contributed by atoms with van der Waals surface area (Å²) in [5, 5.41) is 7.21. The van der Waals surface area contributed by atoms with Gasteiger partial charge in [-0.3, -0.25) is 4.79 Å². The minimum atomic E-state index is -0.335. The Balaban J connectivity index is 1.46. The zero-order valence-corrected chi connectivity index (χ0v) is 13.4. The van der Waals surface area contributed by atoms with Crippen molar-refractivity contribution in [2.24, 2.45) is 11.7 Å². The molecule has 3 N–H and O–H groups in total. The molecule has 1 aromatic carbocycles. The summed E-state index contributed by atoms with van der Waals surface area (Å²) in [5.74, 6) is -0.557. The number of nitrogens with zero attached hydrogens (tertiary/aromatic N) is 3. The summed E-state index contributed by atoms with van der Waals surface area (Å²) in [6.07, 6.45) is 5.11. The molecular formula is C17H21N5O2. The van der Waals surface area contributed by atoms with E-state index in [4.69, 9.17) is 5.73 Å². The Bertz CT molecular complexity index is 713. The van der Waals surface area contributed by atoms with E-state index in [9.17, 15) is 9.59 Å². The van der Waals surface area contributed by atoms with Crippen LogP contribution < -0.4 is 11.1 Å². The molecular weight excluding hydrogens is 306 g/mol. The minimum absolute atomic E-state index is 0.144. The van der Waals surface area contributed by atoms with Crippen LogP contribution in [0, 0.1) is 5.92 Å². The average molecular weight is 327 g/mol. The Morgan fingerprint density at radius 2 is 2.08 bits per heavy atom. The van der Waals surface area contributed by atoms with Crippen molar-refractivity contribution in [3.05, 3.63) is 48.3 Å². The van der Waals surface area contributed by atoms with Crippen molar-refractivity contribution in [2.75, 3.05) is 19.6 Å². The number of likely N-dealkylation sites (tertiary alicyclic amines) is 1. The number of nitrogens with two attached hydrogens (primary N) is 1. The SMILES string of the molecule is NC(=O)[C@@H]1CCN(C(=O)NCCc2cnn(-c3ccccc3)c2)C1. The Kier molecular flexibility index (Phi) is 4.79. The third-order valence-corrected chi connectivity index (χ3v) is 4.22. The third kappa shape index (κ3) is 3.73. The quantitative estimate of drug-likeness (QED) is 0.855. The molecule has 1 aromatic heterocycles. The lowest BCUT2D eigenvalue weighted by molar-refractivity contribution is -0.121. The maximum atomic E-state index is 12.1. The van der Waals surface area contributed by atoms with E-state index in [1.54, 1.807) is 11.1 Å². The molecule has 3 amide bonds. The van der Waals surface area contributed by atoms with Crippen LogP contribution in [-0.2, 0) is 11.2 Å². The number of benzene rings is 1. The van der Waals surface area contributed by atoms with Crippen molar-refractivity contribution in [3.8, 4) is 5.69 Å². The van der Waals surface area contributed by atoms with Gasteiger partial charge < -0.3 is 16.0 Å². The van der Waals surface area contributed by atoms with Gasteiger partial charge in [0, 0.05) is 25.8 Å². The van der Waals surface area contributed by atoms with Gasteiger partial charge in [0.15, 0.2) is 0 Å². The average Bonchev–Trinajstić information content (AvgIpc) is 3.25. The molecule has 0 radical (unpaired) electrons. The van der Waals surface area contributed by atoms with Gasteiger partial charge in [-0.15, -0.1) is 0 Å². The molecule has 0 bridgehead atoms. The Labute approximate surface area is 140 Å². The van der Waals surface area contributed by atoms with Crippen LogP contribution in [0.25, 0.3) is 5.69 Å². The number of carbonyl (C=O) groups excluding carboxylic acids is 2. The number of aromatic nitrogens is 2. The van der Waals surface area contributed by atoms with Crippen LogP contribution >= 0.6 is 0 Å². The highest BCUT2D eigenvalue weighted by molar-refractivity contribution is 5.80. The zero-order valence-electron chi connectivity index (χ0n) is 13.4. The number of urea groups is 1. The molecule has 0 unspecified atom stereocenters. The fraction of sp³-hybridized carbons (Fsp3) is 0.353. The summed E-state index contributed by atoms with van der Waals surface area (Å²) in [7, 11) is 0. The number of nitrogens with one attached hydrogen (secondary N) is 1. The van der Waals surface area contributed by atoms with E-state index < -0.39 is 0 Å². The number of rotatable bonds is 5. The van der Waals surface area contributed by atoms with Crippen LogP contribution in [0.3, 0.4) is 0 Å². The van der Waals surface area contributed by atoms with Crippen LogP contribution in [0.5, 0.6) is 0 Å². The lowest BCUT2D eigenvalue weighted by atomic mass is 10.1. The predicted octanol–water partition coefficient (Wildman–Crippen LogP) is 0.932. The number of para-hydroxylation sites is 1. The summed E-state index contributed by atoms with van der Waals surface area (Å²) in [6, 6.07) is 9.72. The highest BCUT2D eigenvalue weighted by atomic mass is 16.2. The van der Waals surface area contributed by atoms with Crippen LogP contribution in [0.2, 0.25) is 0 Å². The monoisotopic (exact) mass is 327 g/mol. The van der Waals surface area contributed by atoms with Gasteiger partial charge in [-0.05, 0) is 30.5 Å². The number of hydrogen-bond acceptors (Lipinski definition) is 3. The van der Waals surface area contributed by atoms with Crippen molar-refractivity contribution in [1.82, 2.24) is 20.0 Å². The van der Waals surface area contributed by atoms with E-state index in [2.05, 4.69) is 10.4 Å². The van der Waals surface area contributed by atoms with Crippen LogP contribution in [0.4, 0.5) is 4.79 Å². The second kappa shape index (κ2) is 7.16. The molecule has 7 heteroatoms. The first-order valence-electron chi connectivity index (χ1n) is 8.04. The molecule has 1 fully saturated rings. The first-order valence-corrected chi connectivity index (χ1v) is 8.04. The molecule has 126 valence electrons. The van der Waals surface area contributed by atoms with Crippen molar-refractivity contribution in [1.29, 1.82) is 0 Å². The van der Waals surface area contributed by atoms with E-state index in [1.807, 2.05) is 41.2 Å². The fourth-order valence-corrected chi connectivity index (χ4v) is 2.81. The van der Waals surface area contributed by atoms with Gasteiger partial charge in [-0.2, -0.15) is 5.10 Å². The van der Waals surface area contributed by atoms with Crippen LogP contribution in [0.15, 0.2) is 42.7 Å². The normalized spacial score (nSPS) is 17.0. The lowest BCUT2D eigenvalue weighted by Gasteiger charge is -2.16. The van der Waals surface area contributed by atoms with Crippen LogP contribution in [0.1, 0.15) is 12.0 Å². The molecule has 2 heterocycles. The van der Waals surface area contributed by atoms with E-state index in [-0.39, 0.29) is 17.9 Å². The summed E-state index contributed by atoms with van der Waals surface area (Å²) in [4.78, 5) is 24.9. The maximum absolute atomic E-state index is 12.1. The van der Waals surface area contributed by atoms with Gasteiger partial charge in [0.1, 0.15) is 0 Å². The predicted molar refractivity (Wildman–Crippen MR) is 89.5 cm³/mol. The molecule has 0 saturated carbocycles. The fourth-order valence-electron chi connectivity index (χ4n) is 2.81. The van der Waals surface area contributed by atoms with E-state index in [0.29, 0.717) is 32.5 Å². The van der Waals surface area contributed by atoms with Gasteiger partial charge in [0.25, 0.3) is 0 Å². The minimum Gasteiger partial charge on any atom is -0.369 e. The number of hydrogen-bond donors (Lipinski definition) is 2. The molecule has 1 aliphatic rings. The van der Waals surface area contributed by atoms with Gasteiger partial charge in [0.2, 0.25) is 5.91 Å². The van der Waals surface area contributed by atoms with Crippen molar-refractivity contribution in [3.63, 3.8) is 0 Å². The molecule has 1 aliphatic heterocycles. The second-order valence-corrected chi connectivity index (χ2v) is 5.94. The third-order valence-electron chi connectivity index (χ3n) is 4.22. The zero-order chi connectivity index (χ0) is 16.9. The standard InChI is InChI=1S/C17H21N5O2/c18-16(23)14-7-9-21(12-14)17(24)19-8-6-13-10-20-22(11-13)15-4-2-1-3-5-15/h1-5,10-11,14H,6-9,12H2,(H2,18,23)(H,19,24)/t14-/m1/s1. The highest BCUT2D eigenvalue weighted by Crippen LogP contribution is 2.15. The van der Waals surface area contributed by atoms with Crippen LogP contribution in [-0.4, -0.2) is 46.3 Å². The maximum Gasteiger partial charge on any atom is 0.317 e. The van der Waals surface area contributed by atoms with Crippen molar-refractivity contribution >= 4 is 11.9 Å². The molecule has 0 spiro atoms. The molecule has 1 atom stereocenters. The Morgan fingerprint density at radius 1 is 1.29 bits per heavy atom. The molecule has 0 aliphatic carbocycles. The molecule has 1 saturated heterocycles. The molecule has 24 heavy (non-hydrogen) atoms. The van der Waals surface area contributed by atoms with E-state index in [1.165, 1.54) is 0 Å². The summed E-state index contributed by atoms with van der Waals surface area (Å²) < 4.78 is 1.81. The molecule has 7 nitrogen and oxygen atoms in total. The van der Waals surface area contributed by atoms with Gasteiger partial charge in [-0.25, -0.2) is 9.48 Å². The number of carbonyl (C=O) groups is 2. The first-order chi connectivity index (χ1) is 11.6. The van der Waals surface area contributed by atoms with Gasteiger partial charge >= 0.3 is 6.03 Å². The van der Waals surface area contributed by atoms with Gasteiger partial charge in [0.05, 0.1) is 17.8 Å².